The second kappa shape index (κ2) is 9.00. The number of methoxy groups -OCH3 is 1. The lowest BCUT2D eigenvalue weighted by Gasteiger charge is -2.30. The molecule has 1 radical (unpaired) electrons. The number of likely N-dealkylation sites (tertiary alicyclic amines) is 1. The molecule has 33 heavy (non-hydrogen) atoms. The number of allylic oxidation sites excluding steroid dienone is 3. The van der Waals surface area contributed by atoms with Crippen molar-refractivity contribution in [2.24, 2.45) is 5.92 Å². The molecule has 1 aromatic heterocycles. The second-order valence-electron chi connectivity index (χ2n) is 8.72. The molecule has 0 bridgehead atoms. The first-order valence-electron chi connectivity index (χ1n) is 11.4. The lowest BCUT2D eigenvalue weighted by Crippen LogP contribution is -2.26. The molecule has 0 spiro atoms. The summed E-state index contributed by atoms with van der Waals surface area (Å²) >= 11 is 6.35. The third-order valence-corrected chi connectivity index (χ3v) is 6.98. The minimum atomic E-state index is 0.162. The smallest absolute Gasteiger partial charge is 0.130 e. The van der Waals surface area contributed by atoms with Crippen LogP contribution in [-0.2, 0) is 0 Å². The van der Waals surface area contributed by atoms with Crippen LogP contribution in [-0.4, -0.2) is 28.5 Å². The van der Waals surface area contributed by atoms with Crippen molar-refractivity contribution < 1.29 is 4.74 Å². The van der Waals surface area contributed by atoms with Crippen molar-refractivity contribution in [2.45, 2.75) is 32.7 Å². The number of nitrogens with one attached hydrogen (secondary N) is 1. The molecule has 3 aromatic rings. The Balaban J connectivity index is 1.53. The minimum absolute atomic E-state index is 0.162. The Kier molecular flexibility index (Phi) is 5.91. The van der Waals surface area contributed by atoms with Gasteiger partial charge in [0.15, 0.2) is 0 Å². The summed E-state index contributed by atoms with van der Waals surface area (Å²) in [5, 5.41) is 0.750. The predicted octanol–water partition coefficient (Wildman–Crippen LogP) is 6.39. The first-order valence-corrected chi connectivity index (χ1v) is 11.7. The second-order valence-corrected chi connectivity index (χ2v) is 9.13. The highest BCUT2D eigenvalue weighted by Crippen LogP contribution is 2.41. The molecule has 1 aliphatic heterocycles. The van der Waals surface area contributed by atoms with Crippen molar-refractivity contribution in [1.82, 2.24) is 14.9 Å². The van der Waals surface area contributed by atoms with Gasteiger partial charge in [-0.2, -0.15) is 0 Å². The zero-order valence-electron chi connectivity index (χ0n) is 19.2. The normalized spacial score (nSPS) is 20.3. The monoisotopic (exact) mass is 456 g/mol. The highest BCUT2D eigenvalue weighted by Gasteiger charge is 2.36. The summed E-state index contributed by atoms with van der Waals surface area (Å²) < 4.78 is 5.34. The first kappa shape index (κ1) is 21.7. The summed E-state index contributed by atoms with van der Waals surface area (Å²) in [6.07, 6.45) is 8.63. The number of H-pyrrole nitrogens is 1. The molecule has 0 amide bonds. The number of rotatable bonds is 3. The van der Waals surface area contributed by atoms with Crippen LogP contribution >= 0.6 is 11.6 Å². The molecule has 1 fully saturated rings. The van der Waals surface area contributed by atoms with Crippen LogP contribution < -0.4 is 4.74 Å². The Labute approximate surface area is 200 Å². The van der Waals surface area contributed by atoms with E-state index in [2.05, 4.69) is 47.2 Å². The van der Waals surface area contributed by atoms with Gasteiger partial charge in [-0.1, -0.05) is 42.5 Å². The van der Waals surface area contributed by atoms with Crippen LogP contribution in [0.1, 0.15) is 42.8 Å². The maximum Gasteiger partial charge on any atom is 0.130 e. The number of aromatic nitrogens is 2. The molecule has 0 saturated carbocycles. The molecule has 2 heterocycles. The molecule has 2 aromatic carbocycles. The fourth-order valence-corrected chi connectivity index (χ4v) is 4.90. The highest BCUT2D eigenvalue weighted by atomic mass is 35.5. The summed E-state index contributed by atoms with van der Waals surface area (Å²) in [5.41, 5.74) is 6.18. The fourth-order valence-electron chi connectivity index (χ4n) is 4.75. The zero-order chi connectivity index (χ0) is 22.9. The molecule has 1 saturated heterocycles. The molecule has 5 heteroatoms. The van der Waals surface area contributed by atoms with Gasteiger partial charge in [0.1, 0.15) is 11.6 Å². The van der Waals surface area contributed by atoms with Gasteiger partial charge in [-0.3, -0.25) is 0 Å². The van der Waals surface area contributed by atoms with Crippen molar-refractivity contribution in [2.75, 3.05) is 13.7 Å². The third-order valence-electron chi connectivity index (χ3n) is 6.57. The summed E-state index contributed by atoms with van der Waals surface area (Å²) in [6.45, 7) is 5.30. The largest absolute Gasteiger partial charge is 0.497 e. The molecule has 1 aliphatic carbocycles. The van der Waals surface area contributed by atoms with Crippen molar-refractivity contribution in [3.8, 4) is 17.6 Å². The molecular formula is C28H27ClN3O. The van der Waals surface area contributed by atoms with Gasteiger partial charge in [0.05, 0.1) is 24.2 Å². The van der Waals surface area contributed by atoms with E-state index in [-0.39, 0.29) is 6.04 Å². The molecular weight excluding hydrogens is 430 g/mol. The molecule has 1 N–H and O–H groups in total. The Morgan fingerprint density at radius 1 is 1.21 bits per heavy atom. The quantitative estimate of drug-likeness (QED) is 0.464. The van der Waals surface area contributed by atoms with Crippen LogP contribution in [0.2, 0.25) is 5.02 Å². The number of benzene rings is 2. The number of ether oxygens (including phenoxy) is 1. The topological polar surface area (TPSA) is 41.1 Å². The number of halogens is 1. The van der Waals surface area contributed by atoms with Gasteiger partial charge in [-0.05, 0) is 67.7 Å². The van der Waals surface area contributed by atoms with E-state index < -0.39 is 0 Å². The predicted molar refractivity (Wildman–Crippen MR) is 134 cm³/mol. The van der Waals surface area contributed by atoms with E-state index in [9.17, 15) is 0 Å². The van der Waals surface area contributed by atoms with Crippen LogP contribution in [0.25, 0.3) is 11.0 Å². The summed E-state index contributed by atoms with van der Waals surface area (Å²) in [4.78, 5) is 11.0. The average molecular weight is 457 g/mol. The molecule has 0 unspecified atom stereocenters. The molecule has 5 rings (SSSR count). The van der Waals surface area contributed by atoms with Crippen molar-refractivity contribution >= 4 is 22.6 Å². The number of aromatic amines is 1. The maximum atomic E-state index is 6.35. The van der Waals surface area contributed by atoms with Gasteiger partial charge in [-0.25, -0.2) is 4.98 Å². The maximum absolute atomic E-state index is 6.35. The molecule has 2 atom stereocenters. The van der Waals surface area contributed by atoms with Crippen molar-refractivity contribution in [1.29, 1.82) is 0 Å². The number of hydrogen-bond donors (Lipinski definition) is 1. The fraction of sp³-hybridized carbons (Fsp3) is 0.286. The van der Waals surface area contributed by atoms with Crippen molar-refractivity contribution in [3.63, 3.8) is 0 Å². The van der Waals surface area contributed by atoms with E-state index in [1.165, 1.54) is 5.70 Å². The molecule has 2 aliphatic rings. The van der Waals surface area contributed by atoms with Gasteiger partial charge in [-0.15, -0.1) is 0 Å². The van der Waals surface area contributed by atoms with E-state index in [4.69, 9.17) is 21.3 Å². The Bertz CT molecular complexity index is 1320. The Hall–Kier alpha value is -3.16. The highest BCUT2D eigenvalue weighted by molar-refractivity contribution is 6.32. The number of nitrogens with zero attached hydrogens (tertiary/aromatic N) is 2. The van der Waals surface area contributed by atoms with E-state index in [0.29, 0.717) is 5.92 Å². The van der Waals surface area contributed by atoms with Gasteiger partial charge >= 0.3 is 0 Å². The molecule has 167 valence electrons. The summed E-state index contributed by atoms with van der Waals surface area (Å²) in [7, 11) is 1.68. The third kappa shape index (κ3) is 4.14. The van der Waals surface area contributed by atoms with E-state index >= 15 is 0 Å². The lowest BCUT2D eigenvalue weighted by molar-refractivity contribution is 0.289. The summed E-state index contributed by atoms with van der Waals surface area (Å²) in [6, 6.07) is 12.0. The van der Waals surface area contributed by atoms with Crippen LogP contribution in [0.4, 0.5) is 0 Å². The molecule has 4 nitrogen and oxygen atoms in total. The number of fused-ring (bicyclic) bond motifs is 1. The average Bonchev–Trinajstić information content (AvgIpc) is 3.44. The van der Waals surface area contributed by atoms with Crippen LogP contribution in [0.5, 0.6) is 5.75 Å². The minimum Gasteiger partial charge on any atom is -0.497 e. The van der Waals surface area contributed by atoms with Gasteiger partial charge in [0.2, 0.25) is 0 Å². The Morgan fingerprint density at radius 3 is 2.94 bits per heavy atom. The van der Waals surface area contributed by atoms with E-state index in [1.54, 1.807) is 7.11 Å². The van der Waals surface area contributed by atoms with Crippen LogP contribution in [0.3, 0.4) is 0 Å². The first-order chi connectivity index (χ1) is 16.0. The Morgan fingerprint density at radius 2 is 2.09 bits per heavy atom. The SMILES string of the molecule is COc1cccc(C#CC2=C(N3CC[C@H](C)[C@H]3c3nc4c(C)c(Cl)ccc4[nH]3)C=CC[CH]2)c1. The summed E-state index contributed by atoms with van der Waals surface area (Å²) in [5.74, 6) is 9.03. The number of aryl methyl sites for hydroxylation is 1. The zero-order valence-corrected chi connectivity index (χ0v) is 19.9. The van der Waals surface area contributed by atoms with Crippen molar-refractivity contribution in [3.05, 3.63) is 88.2 Å². The number of imidazole rings is 1. The van der Waals surface area contributed by atoms with Crippen LogP contribution in [0.15, 0.2) is 59.8 Å². The van der Waals surface area contributed by atoms with E-state index in [1.807, 2.05) is 43.3 Å². The van der Waals surface area contributed by atoms with Crippen LogP contribution in [0, 0.1) is 31.1 Å². The standard InChI is InChI=1S/C28H27ClN3O/c1-18-15-16-32(27(18)28-30-24-14-13-23(29)19(2)26(24)31-28)25-10-5-4-8-21(25)12-11-20-7-6-9-22(17-20)33-3/h5-10,13-14,17-18,27H,4,15-16H2,1-3H3,(H,30,31)/t18-,27-/m0/s1. The lowest BCUT2D eigenvalue weighted by atomic mass is 9.98. The number of hydrogen-bond acceptors (Lipinski definition) is 3. The van der Waals surface area contributed by atoms with Gasteiger partial charge in [0.25, 0.3) is 0 Å². The van der Waals surface area contributed by atoms with E-state index in [0.717, 1.165) is 63.7 Å². The van der Waals surface area contributed by atoms with Gasteiger partial charge < -0.3 is 14.6 Å². The van der Waals surface area contributed by atoms with Gasteiger partial charge in [0, 0.05) is 34.8 Å².